The van der Waals surface area contributed by atoms with Gasteiger partial charge in [0.15, 0.2) is 0 Å². The van der Waals surface area contributed by atoms with Crippen LogP contribution in [-0.2, 0) is 37.1 Å². The monoisotopic (exact) mass is 389 g/mol. The molecule has 0 aliphatic heterocycles. The normalized spacial score (nSPS) is 12.1. The van der Waals surface area contributed by atoms with Crippen LogP contribution in [-0.4, -0.2) is 40.3 Å². The quantitative estimate of drug-likeness (QED) is 0.482. The molecule has 8 nitrogen and oxygen atoms in total. The number of ether oxygens (including phenoxy) is 2. The molecule has 0 aliphatic carbocycles. The summed E-state index contributed by atoms with van der Waals surface area (Å²) in [4.78, 5) is 30.1. The molecule has 4 N–H and O–H groups in total. The van der Waals surface area contributed by atoms with Gasteiger partial charge in [-0.3, -0.25) is 4.79 Å². The third kappa shape index (κ3) is 8.93. The van der Waals surface area contributed by atoms with Crippen LogP contribution in [0.25, 0.3) is 0 Å². The van der Waals surface area contributed by atoms with Gasteiger partial charge >= 0.3 is 17.9 Å². The number of nitrogens with two attached hydrogens (primary N) is 1. The number of esters is 1. The zero-order valence-corrected chi connectivity index (χ0v) is 15.4. The van der Waals surface area contributed by atoms with Crippen molar-refractivity contribution in [2.24, 2.45) is 5.73 Å². The van der Waals surface area contributed by atoms with Gasteiger partial charge in [0.05, 0.1) is 12.7 Å². The second-order valence-corrected chi connectivity index (χ2v) is 5.73. The minimum absolute atomic E-state index is 0.221. The van der Waals surface area contributed by atoms with Gasteiger partial charge in [-0.1, -0.05) is 60.7 Å². The van der Waals surface area contributed by atoms with Crippen molar-refractivity contribution in [3.63, 3.8) is 0 Å². The molecule has 0 fully saturated rings. The van der Waals surface area contributed by atoms with E-state index in [4.69, 9.17) is 35.0 Å². The minimum atomic E-state index is -1.82. The van der Waals surface area contributed by atoms with Crippen LogP contribution >= 0.6 is 0 Å². The molecule has 0 saturated carbocycles. The van der Waals surface area contributed by atoms with Gasteiger partial charge < -0.3 is 25.4 Å². The maximum absolute atomic E-state index is 11.9. The first kappa shape index (κ1) is 22.8. The number of aliphatic carboxylic acids is 2. The molecule has 0 bridgehead atoms. The second-order valence-electron chi connectivity index (χ2n) is 5.73. The Hall–Kier alpha value is -3.23. The van der Waals surface area contributed by atoms with Gasteiger partial charge in [-0.2, -0.15) is 0 Å². The molecule has 0 spiro atoms. The number of carbonyl (C=O) groups excluding carboxylic acids is 1. The fourth-order valence-corrected chi connectivity index (χ4v) is 1.92. The Balaban J connectivity index is 0.000000568. The number of carboxylic acid groups (broad SMARTS) is 2. The Labute approximate surface area is 162 Å². The highest BCUT2D eigenvalue weighted by Gasteiger charge is 2.23. The fraction of sp³-hybridized carbons (Fsp3) is 0.250. The van der Waals surface area contributed by atoms with Gasteiger partial charge in [0.2, 0.25) is 0 Å². The van der Waals surface area contributed by atoms with Gasteiger partial charge in [0.25, 0.3) is 0 Å². The first-order valence-corrected chi connectivity index (χ1v) is 8.39. The zero-order chi connectivity index (χ0) is 20.9. The van der Waals surface area contributed by atoms with Crippen molar-refractivity contribution in [3.05, 3.63) is 71.8 Å². The lowest BCUT2D eigenvalue weighted by Gasteiger charge is -2.19. The molecule has 2 rings (SSSR count). The maximum atomic E-state index is 11.9. The topological polar surface area (TPSA) is 136 Å². The van der Waals surface area contributed by atoms with E-state index in [-0.39, 0.29) is 6.61 Å². The Morgan fingerprint density at radius 2 is 1.29 bits per heavy atom. The predicted molar refractivity (Wildman–Crippen MR) is 100 cm³/mol. The summed E-state index contributed by atoms with van der Waals surface area (Å²) in [6.07, 6.45) is -0.413. The molecule has 150 valence electrons. The molecule has 8 heteroatoms. The van der Waals surface area contributed by atoms with Crippen molar-refractivity contribution in [3.8, 4) is 0 Å². The maximum Gasteiger partial charge on any atom is 0.414 e. The smallest absolute Gasteiger partial charge is 0.414 e. The Morgan fingerprint density at radius 3 is 1.71 bits per heavy atom. The van der Waals surface area contributed by atoms with Crippen LogP contribution in [0.3, 0.4) is 0 Å². The van der Waals surface area contributed by atoms with Crippen molar-refractivity contribution in [2.75, 3.05) is 0 Å². The summed E-state index contributed by atoms with van der Waals surface area (Å²) in [7, 11) is 0. The van der Waals surface area contributed by atoms with Crippen LogP contribution in [0.4, 0.5) is 0 Å². The van der Waals surface area contributed by atoms with Crippen LogP contribution in [0.5, 0.6) is 0 Å². The van der Waals surface area contributed by atoms with Gasteiger partial charge in [-0.15, -0.1) is 0 Å². The number of hydrogen-bond acceptors (Lipinski definition) is 6. The van der Waals surface area contributed by atoms with Crippen LogP contribution < -0.4 is 5.73 Å². The van der Waals surface area contributed by atoms with E-state index in [2.05, 4.69) is 0 Å². The standard InChI is InChI=1S/C18H21NO3.C2H2O4/c1-14(21-12-15-8-4-2-5-9-15)17(19)18(20)22-13-16-10-6-3-7-11-16;3-1(4)2(5)6/h2-11,14,17H,12-13,19H2,1H3;(H,3,4)(H,5,6)/t14-,17-;/m1./s1. The highest BCUT2D eigenvalue weighted by Crippen LogP contribution is 2.07. The molecule has 0 unspecified atom stereocenters. The molecular weight excluding hydrogens is 366 g/mol. The van der Waals surface area contributed by atoms with E-state index in [9.17, 15) is 4.79 Å². The van der Waals surface area contributed by atoms with Gasteiger partial charge in [0, 0.05) is 0 Å². The lowest BCUT2D eigenvalue weighted by atomic mass is 10.2. The Bertz CT molecular complexity index is 738. The average Bonchev–Trinajstić information content (AvgIpc) is 2.71. The van der Waals surface area contributed by atoms with Crippen LogP contribution in [0.1, 0.15) is 18.1 Å². The largest absolute Gasteiger partial charge is 0.473 e. The third-order valence-corrected chi connectivity index (χ3v) is 3.54. The molecule has 0 aromatic heterocycles. The summed E-state index contributed by atoms with van der Waals surface area (Å²) >= 11 is 0. The highest BCUT2D eigenvalue weighted by molar-refractivity contribution is 6.27. The van der Waals surface area contributed by atoms with Crippen molar-refractivity contribution in [1.29, 1.82) is 0 Å². The van der Waals surface area contributed by atoms with E-state index >= 15 is 0 Å². The SMILES string of the molecule is C[C@@H](OCc1ccccc1)[C@@H](N)C(=O)OCc1ccccc1.O=C(O)C(=O)O. The van der Waals surface area contributed by atoms with Gasteiger partial charge in [0.1, 0.15) is 12.6 Å². The van der Waals surface area contributed by atoms with E-state index in [0.29, 0.717) is 6.61 Å². The van der Waals surface area contributed by atoms with Crippen LogP contribution in [0.15, 0.2) is 60.7 Å². The summed E-state index contributed by atoms with van der Waals surface area (Å²) in [5, 5.41) is 14.8. The molecule has 28 heavy (non-hydrogen) atoms. The second kappa shape index (κ2) is 12.2. The summed E-state index contributed by atoms with van der Waals surface area (Å²) < 4.78 is 10.9. The predicted octanol–water partition coefficient (Wildman–Crippen LogP) is 1.82. The molecular formula is C20H23NO7. The fourth-order valence-electron chi connectivity index (χ4n) is 1.92. The number of benzene rings is 2. The first-order chi connectivity index (χ1) is 13.3. The van der Waals surface area contributed by atoms with Gasteiger partial charge in [-0.25, -0.2) is 9.59 Å². The van der Waals surface area contributed by atoms with Crippen LogP contribution in [0, 0.1) is 0 Å². The third-order valence-electron chi connectivity index (χ3n) is 3.54. The number of rotatable bonds is 7. The zero-order valence-electron chi connectivity index (χ0n) is 15.4. The van der Waals surface area contributed by atoms with E-state index in [0.717, 1.165) is 11.1 Å². The average molecular weight is 389 g/mol. The molecule has 2 aromatic rings. The highest BCUT2D eigenvalue weighted by atomic mass is 16.5. The van der Waals surface area contributed by atoms with Crippen molar-refractivity contribution < 1.29 is 34.1 Å². The Morgan fingerprint density at radius 1 is 0.857 bits per heavy atom. The van der Waals surface area contributed by atoms with Crippen molar-refractivity contribution >= 4 is 17.9 Å². The van der Waals surface area contributed by atoms with E-state index in [1.807, 2.05) is 60.7 Å². The van der Waals surface area contributed by atoms with E-state index < -0.39 is 30.1 Å². The number of carbonyl (C=O) groups is 3. The number of hydrogen-bond donors (Lipinski definition) is 3. The van der Waals surface area contributed by atoms with Crippen molar-refractivity contribution in [1.82, 2.24) is 0 Å². The minimum Gasteiger partial charge on any atom is -0.473 e. The summed E-state index contributed by atoms with van der Waals surface area (Å²) in [5.41, 5.74) is 7.86. The summed E-state index contributed by atoms with van der Waals surface area (Å²) in [6, 6.07) is 18.5. The summed E-state index contributed by atoms with van der Waals surface area (Å²) in [5.74, 6) is -4.10. The lowest BCUT2D eigenvalue weighted by Crippen LogP contribution is -2.42. The molecule has 0 aliphatic rings. The molecule has 0 amide bonds. The molecule has 2 aromatic carbocycles. The number of carboxylic acids is 2. The lowest BCUT2D eigenvalue weighted by molar-refractivity contribution is -0.159. The van der Waals surface area contributed by atoms with Crippen molar-refractivity contribution in [2.45, 2.75) is 32.3 Å². The molecule has 0 heterocycles. The Kier molecular flexibility index (Phi) is 9.95. The molecule has 2 atom stereocenters. The van der Waals surface area contributed by atoms with E-state index in [1.165, 1.54) is 0 Å². The molecule has 0 saturated heterocycles. The van der Waals surface area contributed by atoms with E-state index in [1.54, 1.807) is 6.92 Å². The first-order valence-electron chi connectivity index (χ1n) is 8.39. The molecule has 0 radical (unpaired) electrons. The summed E-state index contributed by atoms with van der Waals surface area (Å²) in [6.45, 7) is 2.41. The van der Waals surface area contributed by atoms with Gasteiger partial charge in [-0.05, 0) is 18.1 Å². The van der Waals surface area contributed by atoms with Crippen LogP contribution in [0.2, 0.25) is 0 Å².